The first-order chi connectivity index (χ1) is 6.84. The van der Waals surface area contributed by atoms with E-state index in [0.29, 0.717) is 0 Å². The highest BCUT2D eigenvalue weighted by atomic mass is 32.2. The Hall–Kier alpha value is -0.540. The number of hydrogen-bond acceptors (Lipinski definition) is 1. The molecule has 1 aromatic rings. The van der Waals surface area contributed by atoms with Gasteiger partial charge in [0.15, 0.2) is 0 Å². The first-order valence-corrected chi connectivity index (χ1v) is 6.16. The van der Waals surface area contributed by atoms with Crippen LogP contribution in [0.1, 0.15) is 5.56 Å². The highest BCUT2D eigenvalue weighted by molar-refractivity contribution is 7.99. The van der Waals surface area contributed by atoms with Crippen molar-refractivity contribution in [2.75, 3.05) is 24.6 Å². The maximum absolute atomic E-state index is 12.7. The summed E-state index contributed by atoms with van der Waals surface area (Å²) in [5.74, 6) is 2.38. The van der Waals surface area contributed by atoms with E-state index in [0.717, 1.165) is 6.54 Å². The van der Waals surface area contributed by atoms with Crippen LogP contribution in [0.3, 0.4) is 0 Å². The molecule has 0 bridgehead atoms. The van der Waals surface area contributed by atoms with Gasteiger partial charge in [0.1, 0.15) is 12.4 Å². The summed E-state index contributed by atoms with van der Waals surface area (Å²) in [6.45, 7) is 3.52. The van der Waals surface area contributed by atoms with Gasteiger partial charge in [-0.2, -0.15) is 11.8 Å². The zero-order valence-corrected chi connectivity index (χ0v) is 8.95. The predicted octanol–water partition coefficient (Wildman–Crippen LogP) is 0.957. The Labute approximate surface area is 88.3 Å². The third kappa shape index (κ3) is 2.72. The molecule has 1 fully saturated rings. The number of rotatable bonds is 2. The molecule has 1 aliphatic heterocycles. The van der Waals surface area contributed by atoms with Gasteiger partial charge in [0, 0.05) is 17.1 Å². The summed E-state index contributed by atoms with van der Waals surface area (Å²) < 4.78 is 12.7. The fourth-order valence-corrected chi connectivity index (χ4v) is 2.80. The van der Waals surface area contributed by atoms with E-state index in [1.807, 2.05) is 23.9 Å². The molecule has 1 aliphatic rings. The van der Waals surface area contributed by atoms with E-state index in [2.05, 4.69) is 0 Å². The molecule has 0 atom stereocenters. The Morgan fingerprint density at radius 2 is 1.79 bits per heavy atom. The fourth-order valence-electron chi connectivity index (χ4n) is 1.73. The van der Waals surface area contributed by atoms with Crippen molar-refractivity contribution >= 4 is 11.8 Å². The topological polar surface area (TPSA) is 4.44 Å². The van der Waals surface area contributed by atoms with Crippen molar-refractivity contribution in [1.82, 2.24) is 0 Å². The van der Waals surface area contributed by atoms with Crippen LogP contribution in [0, 0.1) is 5.82 Å². The van der Waals surface area contributed by atoms with Crippen molar-refractivity contribution in [3.63, 3.8) is 0 Å². The normalized spacial score (nSPS) is 18.4. The van der Waals surface area contributed by atoms with Gasteiger partial charge in [-0.1, -0.05) is 12.1 Å². The average molecular weight is 212 g/mol. The second kappa shape index (κ2) is 4.80. The molecule has 0 aliphatic carbocycles. The van der Waals surface area contributed by atoms with Crippen LogP contribution in [-0.4, -0.2) is 24.6 Å². The predicted molar refractivity (Wildman–Crippen MR) is 58.1 cm³/mol. The molecule has 0 spiro atoms. The molecule has 1 aromatic carbocycles. The molecule has 0 radical (unpaired) electrons. The Balaban J connectivity index is 1.92. The minimum atomic E-state index is -0.141. The van der Waals surface area contributed by atoms with Crippen LogP contribution >= 0.6 is 11.8 Å². The monoisotopic (exact) mass is 212 g/mol. The molecule has 1 nitrogen and oxygen atoms in total. The molecular formula is C11H15FNS+. The van der Waals surface area contributed by atoms with Crippen LogP contribution in [0.25, 0.3) is 0 Å². The van der Waals surface area contributed by atoms with Gasteiger partial charge in [-0.05, 0) is 12.1 Å². The first kappa shape index (κ1) is 9.99. The molecule has 0 amide bonds. The Morgan fingerprint density at radius 3 is 2.43 bits per heavy atom. The fraction of sp³-hybridized carbons (Fsp3) is 0.455. The molecule has 14 heavy (non-hydrogen) atoms. The average Bonchev–Trinajstić information content (AvgIpc) is 2.23. The summed E-state index contributed by atoms with van der Waals surface area (Å²) >= 11 is 2.03. The molecule has 2 rings (SSSR count). The van der Waals surface area contributed by atoms with Crippen molar-refractivity contribution in [2.24, 2.45) is 0 Å². The summed E-state index contributed by atoms with van der Waals surface area (Å²) in [6, 6.07) is 6.88. The van der Waals surface area contributed by atoms with Crippen LogP contribution in [0.15, 0.2) is 24.3 Å². The minimum Gasteiger partial charge on any atom is -0.330 e. The van der Waals surface area contributed by atoms with Crippen LogP contribution in [0.4, 0.5) is 4.39 Å². The lowest BCUT2D eigenvalue weighted by Gasteiger charge is -2.23. The van der Waals surface area contributed by atoms with E-state index in [9.17, 15) is 4.39 Å². The molecule has 0 aromatic heterocycles. The lowest BCUT2D eigenvalue weighted by atomic mass is 10.2. The van der Waals surface area contributed by atoms with Gasteiger partial charge in [0.25, 0.3) is 0 Å². The maximum atomic E-state index is 12.7. The Bertz CT molecular complexity index is 280. The van der Waals surface area contributed by atoms with Crippen molar-refractivity contribution in [3.05, 3.63) is 35.6 Å². The lowest BCUT2D eigenvalue weighted by Crippen LogP contribution is -3.12. The van der Waals surface area contributed by atoms with Crippen LogP contribution in [0.2, 0.25) is 0 Å². The van der Waals surface area contributed by atoms with Gasteiger partial charge in [0.05, 0.1) is 13.1 Å². The van der Waals surface area contributed by atoms with Gasteiger partial charge >= 0.3 is 0 Å². The Kier molecular flexibility index (Phi) is 3.43. The van der Waals surface area contributed by atoms with Crippen molar-refractivity contribution in [1.29, 1.82) is 0 Å². The summed E-state index contributed by atoms with van der Waals surface area (Å²) in [7, 11) is 0. The van der Waals surface area contributed by atoms with E-state index in [1.54, 1.807) is 17.0 Å². The van der Waals surface area contributed by atoms with E-state index in [-0.39, 0.29) is 5.82 Å². The van der Waals surface area contributed by atoms with E-state index < -0.39 is 0 Å². The maximum Gasteiger partial charge on any atom is 0.123 e. The Morgan fingerprint density at radius 1 is 1.14 bits per heavy atom. The number of thioether (sulfide) groups is 1. The van der Waals surface area contributed by atoms with Gasteiger partial charge in [0.2, 0.25) is 0 Å². The van der Waals surface area contributed by atoms with Gasteiger partial charge in [-0.3, -0.25) is 0 Å². The number of quaternary nitrogens is 1. The molecular weight excluding hydrogens is 197 g/mol. The second-order valence-electron chi connectivity index (χ2n) is 3.67. The van der Waals surface area contributed by atoms with Crippen molar-refractivity contribution in [2.45, 2.75) is 6.54 Å². The molecule has 1 saturated heterocycles. The smallest absolute Gasteiger partial charge is 0.123 e. The minimum absolute atomic E-state index is 0.141. The zero-order chi connectivity index (χ0) is 9.80. The second-order valence-corrected chi connectivity index (χ2v) is 4.89. The third-order valence-corrected chi connectivity index (χ3v) is 3.55. The molecule has 3 heteroatoms. The van der Waals surface area contributed by atoms with Crippen molar-refractivity contribution in [3.8, 4) is 0 Å². The zero-order valence-electron chi connectivity index (χ0n) is 8.13. The highest BCUT2D eigenvalue weighted by Gasteiger charge is 2.13. The largest absolute Gasteiger partial charge is 0.330 e. The summed E-state index contributed by atoms with van der Waals surface area (Å²) in [6.07, 6.45) is 0. The first-order valence-electron chi connectivity index (χ1n) is 5.00. The molecule has 1 N–H and O–H groups in total. The SMILES string of the molecule is Fc1ccc(C[NH+]2CCSCC2)cc1. The molecule has 76 valence electrons. The highest BCUT2D eigenvalue weighted by Crippen LogP contribution is 2.02. The van der Waals surface area contributed by atoms with Crippen LogP contribution < -0.4 is 4.90 Å². The van der Waals surface area contributed by atoms with E-state index in [4.69, 9.17) is 0 Å². The number of halogens is 1. The standard InChI is InChI=1S/C11H14FNS/c12-11-3-1-10(2-4-11)9-13-5-7-14-8-6-13/h1-4H,5-9H2/p+1. The van der Waals surface area contributed by atoms with Crippen molar-refractivity contribution < 1.29 is 9.29 Å². The summed E-state index contributed by atoms with van der Waals surface area (Å²) in [4.78, 5) is 1.62. The summed E-state index contributed by atoms with van der Waals surface area (Å²) in [5, 5.41) is 0. The van der Waals surface area contributed by atoms with Gasteiger partial charge in [-0.25, -0.2) is 4.39 Å². The quantitative estimate of drug-likeness (QED) is 0.765. The third-order valence-electron chi connectivity index (χ3n) is 2.57. The van der Waals surface area contributed by atoms with Crippen LogP contribution in [0.5, 0.6) is 0 Å². The van der Waals surface area contributed by atoms with E-state index in [1.165, 1.54) is 30.2 Å². The number of hydrogen-bond donors (Lipinski definition) is 1. The molecule has 0 saturated carbocycles. The van der Waals surface area contributed by atoms with E-state index >= 15 is 0 Å². The van der Waals surface area contributed by atoms with Gasteiger partial charge in [-0.15, -0.1) is 0 Å². The summed E-state index contributed by atoms with van der Waals surface area (Å²) in [5.41, 5.74) is 1.24. The molecule has 0 unspecified atom stereocenters. The number of benzene rings is 1. The number of nitrogens with one attached hydrogen (secondary N) is 1. The van der Waals surface area contributed by atoms with Crippen LogP contribution in [-0.2, 0) is 6.54 Å². The van der Waals surface area contributed by atoms with Gasteiger partial charge < -0.3 is 4.90 Å². The lowest BCUT2D eigenvalue weighted by molar-refractivity contribution is -0.910. The molecule has 1 heterocycles.